The number of alkyl halides is 3. The third-order valence-electron chi connectivity index (χ3n) is 2.71. The van der Waals surface area contributed by atoms with E-state index in [0.717, 1.165) is 12.3 Å². The molecule has 0 bridgehead atoms. The second-order valence-electron chi connectivity index (χ2n) is 4.86. The van der Waals surface area contributed by atoms with Crippen molar-refractivity contribution in [2.75, 3.05) is 23.7 Å². The van der Waals surface area contributed by atoms with Gasteiger partial charge in [0, 0.05) is 12.6 Å². The molecule has 0 radical (unpaired) electrons. The Labute approximate surface area is 121 Å². The van der Waals surface area contributed by atoms with E-state index in [1.54, 1.807) is 20.8 Å². The predicted molar refractivity (Wildman–Crippen MR) is 74.8 cm³/mol. The fraction of sp³-hybridized carbons (Fsp3) is 0.538. The smallest absolute Gasteiger partial charge is 0.396 e. The van der Waals surface area contributed by atoms with Crippen LogP contribution in [-0.4, -0.2) is 30.0 Å². The highest BCUT2D eigenvalue weighted by Crippen LogP contribution is 2.32. The Hall–Kier alpha value is -1.99. The fourth-order valence-corrected chi connectivity index (χ4v) is 1.79. The van der Waals surface area contributed by atoms with Crippen LogP contribution in [0.3, 0.4) is 0 Å². The molecule has 0 aliphatic rings. The molecule has 1 amide bonds. The van der Waals surface area contributed by atoms with Gasteiger partial charge in [-0.15, -0.1) is 0 Å². The summed E-state index contributed by atoms with van der Waals surface area (Å²) < 4.78 is 38.1. The number of hydrogen-bond acceptors (Lipinski definition) is 4. The van der Waals surface area contributed by atoms with Crippen molar-refractivity contribution in [3.63, 3.8) is 0 Å². The summed E-state index contributed by atoms with van der Waals surface area (Å²) >= 11 is 0. The molecule has 0 fully saturated rings. The van der Waals surface area contributed by atoms with Gasteiger partial charge in [0.05, 0.1) is 24.1 Å². The van der Waals surface area contributed by atoms with Crippen LogP contribution in [0.4, 0.5) is 24.5 Å². The maximum Gasteiger partial charge on any atom is 0.433 e. The summed E-state index contributed by atoms with van der Waals surface area (Å²) in [5.41, 5.74) is 4.90. The quantitative estimate of drug-likeness (QED) is 0.873. The normalized spacial score (nSPS) is 11.6. The molecule has 0 spiro atoms. The van der Waals surface area contributed by atoms with E-state index in [-0.39, 0.29) is 29.9 Å². The number of pyridine rings is 1. The van der Waals surface area contributed by atoms with Crippen LogP contribution in [-0.2, 0) is 11.0 Å². The van der Waals surface area contributed by atoms with Crippen LogP contribution in [0.2, 0.25) is 0 Å². The van der Waals surface area contributed by atoms with E-state index in [4.69, 9.17) is 5.73 Å². The molecule has 5 nitrogen and oxygen atoms in total. The van der Waals surface area contributed by atoms with Crippen molar-refractivity contribution >= 4 is 17.3 Å². The van der Waals surface area contributed by atoms with Crippen LogP contribution in [0, 0.1) is 0 Å². The highest BCUT2D eigenvalue weighted by atomic mass is 19.4. The monoisotopic (exact) mass is 304 g/mol. The van der Waals surface area contributed by atoms with Crippen molar-refractivity contribution in [3.05, 3.63) is 18.0 Å². The number of nitrogen functional groups attached to an aromatic ring is 1. The van der Waals surface area contributed by atoms with E-state index in [1.165, 1.54) is 4.90 Å². The molecule has 0 aliphatic heterocycles. The molecule has 1 aromatic heterocycles. The Morgan fingerprint density at radius 1 is 1.48 bits per heavy atom. The van der Waals surface area contributed by atoms with Gasteiger partial charge >= 0.3 is 6.18 Å². The molecule has 0 aromatic carbocycles. The van der Waals surface area contributed by atoms with Crippen molar-refractivity contribution in [3.8, 4) is 0 Å². The summed E-state index contributed by atoms with van der Waals surface area (Å²) in [6.45, 7) is 5.61. The summed E-state index contributed by atoms with van der Waals surface area (Å²) in [6, 6.07) is 0.818. The number of nitrogens with zero attached hydrogens (tertiary/aromatic N) is 2. The van der Waals surface area contributed by atoms with E-state index in [2.05, 4.69) is 10.3 Å². The Morgan fingerprint density at radius 3 is 2.57 bits per heavy atom. The highest BCUT2D eigenvalue weighted by molar-refractivity contribution is 5.83. The first-order valence-electron chi connectivity index (χ1n) is 6.52. The lowest BCUT2D eigenvalue weighted by Crippen LogP contribution is -2.40. The molecule has 0 unspecified atom stereocenters. The fourth-order valence-electron chi connectivity index (χ4n) is 1.79. The first-order valence-corrected chi connectivity index (χ1v) is 6.52. The number of rotatable bonds is 5. The molecule has 0 atom stereocenters. The second-order valence-corrected chi connectivity index (χ2v) is 4.86. The third kappa shape index (κ3) is 4.80. The van der Waals surface area contributed by atoms with Crippen LogP contribution >= 0.6 is 0 Å². The summed E-state index contributed by atoms with van der Waals surface area (Å²) in [5.74, 6) is -0.281. The van der Waals surface area contributed by atoms with Crippen molar-refractivity contribution in [2.24, 2.45) is 0 Å². The minimum atomic E-state index is -4.55. The Kier molecular flexibility index (Phi) is 5.40. The van der Waals surface area contributed by atoms with Crippen LogP contribution < -0.4 is 16.0 Å². The van der Waals surface area contributed by atoms with Gasteiger partial charge in [0.15, 0.2) is 0 Å². The minimum Gasteiger partial charge on any atom is -0.396 e. The zero-order valence-electron chi connectivity index (χ0n) is 12.2. The SMILES string of the molecule is CCN(CC(=O)NC(C)C)c1cc(C(F)(F)F)ncc1N. The van der Waals surface area contributed by atoms with Crippen molar-refractivity contribution in [1.29, 1.82) is 0 Å². The Bertz CT molecular complexity index is 503. The molecule has 1 heterocycles. The number of amides is 1. The number of carbonyl (C=O) groups is 1. The van der Waals surface area contributed by atoms with Gasteiger partial charge in [0.25, 0.3) is 0 Å². The molecule has 8 heteroatoms. The Morgan fingerprint density at radius 2 is 2.10 bits per heavy atom. The molecule has 21 heavy (non-hydrogen) atoms. The van der Waals surface area contributed by atoms with E-state index < -0.39 is 11.9 Å². The number of aromatic nitrogens is 1. The molecule has 0 aliphatic carbocycles. The summed E-state index contributed by atoms with van der Waals surface area (Å²) in [5, 5.41) is 2.68. The number of nitrogens with one attached hydrogen (secondary N) is 1. The van der Waals surface area contributed by atoms with Crippen LogP contribution in [0.25, 0.3) is 0 Å². The number of nitrogens with two attached hydrogens (primary N) is 1. The zero-order valence-corrected chi connectivity index (χ0v) is 12.2. The van der Waals surface area contributed by atoms with Crippen molar-refractivity contribution in [2.45, 2.75) is 33.0 Å². The standard InChI is InChI=1S/C13H19F3N4O/c1-4-20(7-12(21)19-8(2)3)10-5-11(13(14,15)16)18-6-9(10)17/h5-6,8H,4,7,17H2,1-3H3,(H,19,21). The number of halogens is 3. The first kappa shape index (κ1) is 17.1. The number of carbonyl (C=O) groups excluding carboxylic acids is 1. The van der Waals surface area contributed by atoms with Gasteiger partial charge in [-0.1, -0.05) is 0 Å². The maximum absolute atomic E-state index is 12.7. The van der Waals surface area contributed by atoms with Crippen molar-refractivity contribution < 1.29 is 18.0 Å². The molecule has 0 saturated heterocycles. The lowest BCUT2D eigenvalue weighted by atomic mass is 10.2. The molecular formula is C13H19F3N4O. The number of likely N-dealkylation sites (N-methyl/N-ethyl adjacent to an activating group) is 1. The van der Waals surface area contributed by atoms with Gasteiger partial charge < -0.3 is 16.0 Å². The molecule has 1 rings (SSSR count). The molecule has 118 valence electrons. The maximum atomic E-state index is 12.7. The molecule has 3 N–H and O–H groups in total. The van der Waals surface area contributed by atoms with Crippen LogP contribution in [0.15, 0.2) is 12.3 Å². The van der Waals surface area contributed by atoms with Gasteiger partial charge in [0.1, 0.15) is 5.69 Å². The van der Waals surface area contributed by atoms with Gasteiger partial charge in [-0.2, -0.15) is 13.2 Å². The molecule has 1 aromatic rings. The third-order valence-corrected chi connectivity index (χ3v) is 2.71. The van der Waals surface area contributed by atoms with E-state index >= 15 is 0 Å². The van der Waals surface area contributed by atoms with Crippen LogP contribution in [0.1, 0.15) is 26.5 Å². The Balaban J connectivity index is 3.02. The second kappa shape index (κ2) is 6.64. The van der Waals surface area contributed by atoms with Crippen LogP contribution in [0.5, 0.6) is 0 Å². The average Bonchev–Trinajstić information content (AvgIpc) is 2.34. The van der Waals surface area contributed by atoms with E-state index in [0.29, 0.717) is 6.54 Å². The highest BCUT2D eigenvalue weighted by Gasteiger charge is 2.33. The predicted octanol–water partition coefficient (Wildman–Crippen LogP) is 2.03. The van der Waals surface area contributed by atoms with E-state index in [9.17, 15) is 18.0 Å². The van der Waals surface area contributed by atoms with Crippen molar-refractivity contribution in [1.82, 2.24) is 10.3 Å². The van der Waals surface area contributed by atoms with Gasteiger partial charge in [-0.05, 0) is 26.8 Å². The topological polar surface area (TPSA) is 71.2 Å². The number of hydrogen-bond donors (Lipinski definition) is 2. The van der Waals surface area contributed by atoms with Gasteiger partial charge in [-0.25, -0.2) is 4.98 Å². The summed E-state index contributed by atoms with van der Waals surface area (Å²) in [6.07, 6.45) is -3.59. The van der Waals surface area contributed by atoms with Gasteiger partial charge in [-0.3, -0.25) is 4.79 Å². The van der Waals surface area contributed by atoms with Gasteiger partial charge in [0.2, 0.25) is 5.91 Å². The summed E-state index contributed by atoms with van der Waals surface area (Å²) in [4.78, 5) is 16.5. The molecular weight excluding hydrogens is 285 g/mol. The first-order chi connectivity index (χ1) is 9.65. The summed E-state index contributed by atoms with van der Waals surface area (Å²) in [7, 11) is 0. The lowest BCUT2D eigenvalue weighted by molar-refractivity contribution is -0.141. The lowest BCUT2D eigenvalue weighted by Gasteiger charge is -2.25. The average molecular weight is 304 g/mol. The number of anilines is 2. The minimum absolute atomic E-state index is 0.0447. The van der Waals surface area contributed by atoms with E-state index in [1.807, 2.05) is 0 Å². The molecule has 0 saturated carbocycles. The zero-order chi connectivity index (χ0) is 16.2. The largest absolute Gasteiger partial charge is 0.433 e.